The van der Waals surface area contributed by atoms with Crippen molar-refractivity contribution in [2.75, 3.05) is 12.9 Å². The summed E-state index contributed by atoms with van der Waals surface area (Å²) in [5.41, 5.74) is 0.241. The van der Waals surface area contributed by atoms with Crippen molar-refractivity contribution < 1.29 is 4.74 Å². The lowest BCUT2D eigenvalue weighted by atomic mass is 9.96. The average Bonchev–Trinajstić information content (AvgIpc) is 2.76. The first kappa shape index (κ1) is 13.2. The van der Waals surface area contributed by atoms with Crippen molar-refractivity contribution in [1.82, 2.24) is 5.32 Å². The first-order valence-electron chi connectivity index (χ1n) is 6.68. The van der Waals surface area contributed by atoms with E-state index in [0.717, 1.165) is 18.0 Å². The van der Waals surface area contributed by atoms with E-state index in [1.807, 2.05) is 11.8 Å². The highest BCUT2D eigenvalue weighted by molar-refractivity contribution is 8.13. The Kier molecular flexibility index (Phi) is 4.36. The third kappa shape index (κ3) is 3.16. The van der Waals surface area contributed by atoms with Gasteiger partial charge in [0.1, 0.15) is 0 Å². The van der Waals surface area contributed by atoms with Gasteiger partial charge in [0, 0.05) is 18.4 Å². The largest absolute Gasteiger partial charge is 0.379 e. The van der Waals surface area contributed by atoms with E-state index in [4.69, 9.17) is 9.73 Å². The molecule has 3 atom stereocenters. The lowest BCUT2D eigenvalue weighted by molar-refractivity contribution is 0.0965. The summed E-state index contributed by atoms with van der Waals surface area (Å²) in [6.45, 7) is 4.54. The third-order valence-electron chi connectivity index (χ3n) is 4.09. The van der Waals surface area contributed by atoms with Crippen LogP contribution in [-0.4, -0.2) is 35.7 Å². The molecule has 0 amide bonds. The van der Waals surface area contributed by atoms with Crippen LogP contribution in [0.3, 0.4) is 0 Å². The molecule has 3 nitrogen and oxygen atoms in total. The summed E-state index contributed by atoms with van der Waals surface area (Å²) in [7, 11) is 1.81. The first-order valence-corrected chi connectivity index (χ1v) is 7.67. The lowest BCUT2D eigenvalue weighted by Gasteiger charge is -2.35. The zero-order valence-electron chi connectivity index (χ0n) is 11.2. The van der Waals surface area contributed by atoms with Crippen LogP contribution < -0.4 is 5.32 Å². The van der Waals surface area contributed by atoms with Crippen molar-refractivity contribution in [2.24, 2.45) is 4.99 Å². The van der Waals surface area contributed by atoms with Crippen molar-refractivity contribution >= 4 is 16.9 Å². The van der Waals surface area contributed by atoms with Crippen molar-refractivity contribution in [3.05, 3.63) is 0 Å². The van der Waals surface area contributed by atoms with Crippen molar-refractivity contribution in [1.29, 1.82) is 0 Å². The second-order valence-corrected chi connectivity index (χ2v) is 6.43. The number of amidine groups is 1. The number of nitrogens with one attached hydrogen (secondary N) is 1. The molecule has 0 aromatic rings. The van der Waals surface area contributed by atoms with E-state index in [2.05, 4.69) is 19.2 Å². The fourth-order valence-electron chi connectivity index (χ4n) is 2.54. The SMILES string of the molecule is CCC1(C)CCSC(=NC2CCCC2OC)N1. The Bertz CT molecular complexity index is 295. The van der Waals surface area contributed by atoms with Gasteiger partial charge in [-0.25, -0.2) is 0 Å². The van der Waals surface area contributed by atoms with E-state index in [1.165, 1.54) is 25.0 Å². The summed E-state index contributed by atoms with van der Waals surface area (Å²) in [5, 5.41) is 4.74. The number of aliphatic imine (C=N–C) groups is 1. The molecule has 2 rings (SSSR count). The minimum Gasteiger partial charge on any atom is -0.379 e. The molecule has 1 aliphatic heterocycles. The Balaban J connectivity index is 2.01. The minimum atomic E-state index is 0.241. The van der Waals surface area contributed by atoms with Gasteiger partial charge in [-0.1, -0.05) is 18.7 Å². The molecule has 0 aromatic carbocycles. The van der Waals surface area contributed by atoms with E-state index in [9.17, 15) is 0 Å². The fraction of sp³-hybridized carbons (Fsp3) is 0.923. The monoisotopic (exact) mass is 256 g/mol. The van der Waals surface area contributed by atoms with E-state index in [1.54, 1.807) is 7.11 Å². The van der Waals surface area contributed by atoms with Gasteiger partial charge >= 0.3 is 0 Å². The van der Waals surface area contributed by atoms with Crippen LogP contribution in [-0.2, 0) is 4.74 Å². The van der Waals surface area contributed by atoms with Gasteiger partial charge in [-0.3, -0.25) is 4.99 Å². The van der Waals surface area contributed by atoms with Gasteiger partial charge in [0.2, 0.25) is 0 Å². The van der Waals surface area contributed by atoms with Crippen molar-refractivity contribution in [2.45, 2.75) is 63.6 Å². The Hall–Kier alpha value is -0.220. The van der Waals surface area contributed by atoms with Crippen LogP contribution in [0, 0.1) is 0 Å². The summed E-state index contributed by atoms with van der Waals surface area (Å²) in [6, 6.07) is 0.370. The topological polar surface area (TPSA) is 33.6 Å². The van der Waals surface area contributed by atoms with Gasteiger partial charge in [-0.2, -0.15) is 0 Å². The Morgan fingerprint density at radius 1 is 1.53 bits per heavy atom. The Morgan fingerprint density at radius 3 is 3.06 bits per heavy atom. The average molecular weight is 256 g/mol. The smallest absolute Gasteiger partial charge is 0.157 e. The predicted octanol–water partition coefficient (Wildman–Crippen LogP) is 2.81. The molecule has 0 spiro atoms. The summed E-state index contributed by atoms with van der Waals surface area (Å²) in [5.74, 6) is 1.18. The van der Waals surface area contributed by atoms with E-state index in [0.29, 0.717) is 12.1 Å². The lowest BCUT2D eigenvalue weighted by Crippen LogP contribution is -2.48. The van der Waals surface area contributed by atoms with Crippen LogP contribution in [0.25, 0.3) is 0 Å². The predicted molar refractivity (Wildman–Crippen MR) is 74.8 cm³/mol. The number of methoxy groups -OCH3 is 1. The highest BCUT2D eigenvalue weighted by atomic mass is 32.2. The van der Waals surface area contributed by atoms with E-state index >= 15 is 0 Å². The second-order valence-electron chi connectivity index (χ2n) is 5.34. The normalized spacial score (nSPS) is 40.5. The molecule has 2 aliphatic rings. The Morgan fingerprint density at radius 2 is 2.35 bits per heavy atom. The number of nitrogens with zero attached hydrogens (tertiary/aromatic N) is 1. The zero-order valence-corrected chi connectivity index (χ0v) is 12.0. The van der Waals surface area contributed by atoms with Crippen LogP contribution in [0.4, 0.5) is 0 Å². The maximum Gasteiger partial charge on any atom is 0.157 e. The van der Waals surface area contributed by atoms with Crippen LogP contribution in [0.2, 0.25) is 0 Å². The van der Waals surface area contributed by atoms with Gasteiger partial charge in [0.05, 0.1) is 12.1 Å². The zero-order chi connectivity index (χ0) is 12.3. The van der Waals surface area contributed by atoms with Crippen LogP contribution in [0.5, 0.6) is 0 Å². The molecule has 1 N–H and O–H groups in total. The molecule has 1 saturated carbocycles. The summed E-state index contributed by atoms with van der Waals surface area (Å²) < 4.78 is 5.50. The fourth-order valence-corrected chi connectivity index (χ4v) is 3.82. The van der Waals surface area contributed by atoms with Gasteiger partial charge in [-0.05, 0) is 39.0 Å². The minimum absolute atomic E-state index is 0.241. The van der Waals surface area contributed by atoms with Gasteiger partial charge in [0.25, 0.3) is 0 Å². The molecule has 1 aliphatic carbocycles. The standard InChI is InChI=1S/C13H24N2OS/c1-4-13(2)8-9-17-12(15-13)14-10-6-5-7-11(10)16-3/h10-11H,4-9H2,1-3H3,(H,14,15). The molecule has 0 bridgehead atoms. The summed E-state index contributed by atoms with van der Waals surface area (Å²) in [6.07, 6.45) is 6.30. The van der Waals surface area contributed by atoms with Gasteiger partial charge in [-0.15, -0.1) is 0 Å². The maximum atomic E-state index is 5.50. The number of rotatable bonds is 3. The molecule has 0 aromatic heterocycles. The molecule has 4 heteroatoms. The van der Waals surface area contributed by atoms with Gasteiger partial charge < -0.3 is 10.1 Å². The van der Waals surface area contributed by atoms with Crippen LogP contribution in [0.1, 0.15) is 46.0 Å². The maximum absolute atomic E-state index is 5.50. The molecule has 1 heterocycles. The van der Waals surface area contributed by atoms with Gasteiger partial charge in [0.15, 0.2) is 5.17 Å². The first-order chi connectivity index (χ1) is 8.17. The number of hydrogen-bond donors (Lipinski definition) is 1. The summed E-state index contributed by atoms with van der Waals surface area (Å²) in [4.78, 5) is 4.87. The molecular formula is C13H24N2OS. The molecule has 1 saturated heterocycles. The number of hydrogen-bond acceptors (Lipinski definition) is 3. The van der Waals surface area contributed by atoms with Crippen LogP contribution in [0.15, 0.2) is 4.99 Å². The highest BCUT2D eigenvalue weighted by Crippen LogP contribution is 2.29. The van der Waals surface area contributed by atoms with Crippen LogP contribution >= 0.6 is 11.8 Å². The summed E-state index contributed by atoms with van der Waals surface area (Å²) >= 11 is 1.86. The van der Waals surface area contributed by atoms with E-state index < -0.39 is 0 Å². The highest BCUT2D eigenvalue weighted by Gasteiger charge is 2.31. The van der Waals surface area contributed by atoms with Crippen molar-refractivity contribution in [3.8, 4) is 0 Å². The quantitative estimate of drug-likeness (QED) is 0.843. The molecule has 0 radical (unpaired) electrons. The molecule has 2 fully saturated rings. The second kappa shape index (κ2) is 5.61. The molecule has 98 valence electrons. The number of ether oxygens (including phenoxy) is 1. The number of thioether (sulfide) groups is 1. The molecule has 3 unspecified atom stereocenters. The molecular weight excluding hydrogens is 232 g/mol. The Labute approximate surface area is 109 Å². The third-order valence-corrected chi connectivity index (χ3v) is 4.97. The van der Waals surface area contributed by atoms with E-state index in [-0.39, 0.29) is 5.54 Å². The van der Waals surface area contributed by atoms with Crippen molar-refractivity contribution in [3.63, 3.8) is 0 Å². The molecule has 17 heavy (non-hydrogen) atoms.